The van der Waals surface area contributed by atoms with Crippen LogP contribution >= 0.6 is 0 Å². The second kappa shape index (κ2) is 10.3. The zero-order valence-corrected chi connectivity index (χ0v) is 20.1. The molecule has 34 heavy (non-hydrogen) atoms. The molecule has 0 aliphatic carbocycles. The summed E-state index contributed by atoms with van der Waals surface area (Å²) in [6.45, 7) is 6.52. The number of benzene rings is 2. The number of carbonyl (C=O) groups excluding carboxylic acids is 2. The Kier molecular flexibility index (Phi) is 7.36. The number of hydrogen-bond donors (Lipinski definition) is 3. The van der Waals surface area contributed by atoms with Crippen molar-refractivity contribution in [1.29, 1.82) is 0 Å². The highest BCUT2D eigenvalue weighted by atomic mass is 16.6. The molecule has 0 saturated heterocycles. The Hall–Kier alpha value is -2.74. The van der Waals surface area contributed by atoms with Crippen molar-refractivity contribution in [2.75, 3.05) is 26.2 Å². The van der Waals surface area contributed by atoms with Crippen LogP contribution in [0.25, 0.3) is 0 Å². The number of esters is 2. The molecule has 2 aromatic carbocycles. The number of hydrogen-bond acceptors (Lipinski definition) is 7. The Labute approximate surface area is 201 Å². The molecule has 0 bridgehead atoms. The van der Waals surface area contributed by atoms with Gasteiger partial charge < -0.3 is 25.8 Å². The molecule has 2 unspecified atom stereocenters. The third-order valence-corrected chi connectivity index (χ3v) is 6.87. The van der Waals surface area contributed by atoms with Gasteiger partial charge in [0.15, 0.2) is 0 Å². The lowest BCUT2D eigenvalue weighted by Crippen LogP contribution is -2.44. The van der Waals surface area contributed by atoms with Crippen LogP contribution in [-0.4, -0.2) is 44.2 Å². The fourth-order valence-electron chi connectivity index (χ4n) is 4.97. The molecule has 4 N–H and O–H groups in total. The van der Waals surface area contributed by atoms with Crippen molar-refractivity contribution >= 4 is 11.9 Å². The van der Waals surface area contributed by atoms with Crippen LogP contribution < -0.4 is 16.4 Å². The van der Waals surface area contributed by atoms with Crippen LogP contribution in [0, 0.1) is 0 Å². The molecule has 7 nitrogen and oxygen atoms in total. The molecule has 3 atom stereocenters. The first-order valence-corrected chi connectivity index (χ1v) is 12.1. The molecule has 4 rings (SSSR count). The molecule has 182 valence electrons. The van der Waals surface area contributed by atoms with E-state index >= 15 is 0 Å². The lowest BCUT2D eigenvalue weighted by atomic mass is 9.91. The van der Waals surface area contributed by atoms with Crippen molar-refractivity contribution in [1.82, 2.24) is 10.6 Å². The predicted molar refractivity (Wildman–Crippen MR) is 130 cm³/mol. The van der Waals surface area contributed by atoms with Crippen LogP contribution in [0.2, 0.25) is 0 Å². The van der Waals surface area contributed by atoms with Gasteiger partial charge >= 0.3 is 11.9 Å². The molecule has 0 radical (unpaired) electrons. The lowest BCUT2D eigenvalue weighted by Gasteiger charge is -2.32. The number of fused-ring (bicyclic) bond motifs is 2. The monoisotopic (exact) mass is 465 g/mol. The quantitative estimate of drug-likeness (QED) is 0.563. The van der Waals surface area contributed by atoms with Gasteiger partial charge in [0.2, 0.25) is 0 Å². The van der Waals surface area contributed by atoms with Gasteiger partial charge in [0.1, 0.15) is 17.2 Å². The molecular formula is C27H35N3O4. The Morgan fingerprint density at radius 2 is 1.38 bits per heavy atom. The summed E-state index contributed by atoms with van der Waals surface area (Å²) in [7, 11) is 0. The van der Waals surface area contributed by atoms with Gasteiger partial charge in [0, 0.05) is 19.5 Å². The molecule has 2 aliphatic rings. The molecule has 0 aromatic heterocycles. The Bertz CT molecular complexity index is 1040. The highest BCUT2D eigenvalue weighted by Crippen LogP contribution is 2.32. The summed E-state index contributed by atoms with van der Waals surface area (Å²) >= 11 is 0. The summed E-state index contributed by atoms with van der Waals surface area (Å²) in [6.07, 6.45) is 1.96. The van der Waals surface area contributed by atoms with Crippen LogP contribution in [0.15, 0.2) is 48.5 Å². The first-order chi connectivity index (χ1) is 16.3. The minimum Gasteiger partial charge on any atom is -0.453 e. The van der Waals surface area contributed by atoms with E-state index in [9.17, 15) is 9.59 Å². The zero-order valence-electron chi connectivity index (χ0n) is 20.1. The average Bonchev–Trinajstić information content (AvgIpc) is 3.09. The summed E-state index contributed by atoms with van der Waals surface area (Å²) in [6, 6.07) is 15.1. The maximum Gasteiger partial charge on any atom is 0.323 e. The maximum absolute atomic E-state index is 12.9. The average molecular weight is 466 g/mol. The normalized spacial score (nSPS) is 25.1. The number of nitrogens with two attached hydrogens (primary N) is 1. The molecule has 2 aliphatic heterocycles. The van der Waals surface area contributed by atoms with Gasteiger partial charge in [-0.05, 0) is 68.5 Å². The number of nitrogens with one attached hydrogen (secondary N) is 2. The summed E-state index contributed by atoms with van der Waals surface area (Å²) in [5.74, 6) is -0.890. The molecule has 0 saturated carbocycles. The first-order valence-electron chi connectivity index (χ1n) is 12.1. The Balaban J connectivity index is 1.36. The van der Waals surface area contributed by atoms with Crippen LogP contribution in [0.1, 0.15) is 48.9 Å². The van der Waals surface area contributed by atoms with E-state index in [1.165, 1.54) is 5.56 Å². The van der Waals surface area contributed by atoms with Crippen molar-refractivity contribution in [3.05, 3.63) is 70.8 Å². The van der Waals surface area contributed by atoms with Gasteiger partial charge in [0.25, 0.3) is 0 Å². The third kappa shape index (κ3) is 5.32. The smallest absolute Gasteiger partial charge is 0.323 e. The molecular weight excluding hydrogens is 430 g/mol. The molecule has 2 aromatic rings. The second-order valence-electron chi connectivity index (χ2n) is 9.67. The molecule has 7 heteroatoms. The van der Waals surface area contributed by atoms with Gasteiger partial charge in [-0.15, -0.1) is 0 Å². The fraction of sp³-hybridized carbons (Fsp3) is 0.481. The molecule has 2 heterocycles. The van der Waals surface area contributed by atoms with E-state index in [0.29, 0.717) is 13.1 Å². The van der Waals surface area contributed by atoms with Crippen molar-refractivity contribution in [2.24, 2.45) is 5.73 Å². The number of rotatable bonds is 6. The highest BCUT2D eigenvalue weighted by Gasteiger charge is 2.37. The largest absolute Gasteiger partial charge is 0.453 e. The van der Waals surface area contributed by atoms with E-state index < -0.39 is 23.2 Å². The third-order valence-electron chi connectivity index (χ3n) is 6.87. The predicted octanol–water partition coefficient (Wildman–Crippen LogP) is 2.30. The second-order valence-corrected chi connectivity index (χ2v) is 9.67. The van der Waals surface area contributed by atoms with Crippen molar-refractivity contribution in [2.45, 2.75) is 56.8 Å². The van der Waals surface area contributed by atoms with Gasteiger partial charge in [-0.3, -0.25) is 9.59 Å². The molecule has 0 spiro atoms. The van der Waals surface area contributed by atoms with E-state index in [2.05, 4.69) is 22.8 Å². The zero-order chi connectivity index (χ0) is 24.2. The van der Waals surface area contributed by atoms with Gasteiger partial charge in [-0.1, -0.05) is 48.5 Å². The van der Waals surface area contributed by atoms with Crippen LogP contribution in [-0.2, 0) is 43.1 Å². The standard InChI is InChI=1S/C27H35N3O4/c1-26(17-29-15-13-19-7-3-5-9-21(19)26)33-24(31)12-11-23(28)25(32)34-27(2)18-30-16-14-20-8-4-6-10-22(20)27/h3-10,23,29-30H,11-18,28H2,1-2H3/t23-,26?,27?/m1/s1. The fourth-order valence-corrected chi connectivity index (χ4v) is 4.97. The number of carbonyl (C=O) groups is 2. The lowest BCUT2D eigenvalue weighted by molar-refractivity contribution is -0.162. The summed E-state index contributed by atoms with van der Waals surface area (Å²) in [4.78, 5) is 25.6. The van der Waals surface area contributed by atoms with Crippen LogP contribution in [0.3, 0.4) is 0 Å². The minimum atomic E-state index is -0.910. The minimum absolute atomic E-state index is 0.0412. The van der Waals surface area contributed by atoms with Crippen LogP contribution in [0.5, 0.6) is 0 Å². The first kappa shape index (κ1) is 24.4. The Morgan fingerprint density at radius 3 is 1.94 bits per heavy atom. The highest BCUT2D eigenvalue weighted by molar-refractivity contribution is 5.78. The van der Waals surface area contributed by atoms with Crippen molar-refractivity contribution in [3.63, 3.8) is 0 Å². The van der Waals surface area contributed by atoms with E-state index in [1.54, 1.807) is 0 Å². The Morgan fingerprint density at radius 1 is 0.882 bits per heavy atom. The summed E-state index contributed by atoms with van der Waals surface area (Å²) in [5, 5.41) is 6.70. The van der Waals surface area contributed by atoms with Gasteiger partial charge in [0.05, 0.1) is 0 Å². The van der Waals surface area contributed by atoms with Crippen molar-refractivity contribution in [3.8, 4) is 0 Å². The topological polar surface area (TPSA) is 103 Å². The summed E-state index contributed by atoms with van der Waals surface area (Å²) in [5.41, 5.74) is 8.92. The van der Waals surface area contributed by atoms with Gasteiger partial charge in [-0.25, -0.2) is 0 Å². The van der Waals surface area contributed by atoms with E-state index in [-0.39, 0.29) is 18.8 Å². The van der Waals surface area contributed by atoms with Crippen molar-refractivity contribution < 1.29 is 19.1 Å². The molecule has 0 amide bonds. The molecule has 0 fully saturated rings. The van der Waals surface area contributed by atoms with E-state index in [0.717, 1.165) is 42.6 Å². The van der Waals surface area contributed by atoms with E-state index in [1.807, 2.05) is 50.2 Å². The SMILES string of the molecule is CC1(OC(=O)CC[C@@H](N)C(=O)OC2(C)CNCCc3ccccc32)CNCCc2ccccc21. The number of ether oxygens (including phenoxy) is 2. The van der Waals surface area contributed by atoms with E-state index in [4.69, 9.17) is 15.2 Å². The van der Waals surface area contributed by atoms with Gasteiger partial charge in [-0.2, -0.15) is 0 Å². The van der Waals surface area contributed by atoms with Crippen LogP contribution in [0.4, 0.5) is 0 Å². The summed E-state index contributed by atoms with van der Waals surface area (Å²) < 4.78 is 11.9. The maximum atomic E-state index is 12.9.